The highest BCUT2D eigenvalue weighted by Gasteiger charge is 2.22. The summed E-state index contributed by atoms with van der Waals surface area (Å²) in [5, 5.41) is 0. The smallest absolute Gasteiger partial charge is 0.107 e. The average molecular weight is 405 g/mol. The molecule has 0 saturated heterocycles. The summed E-state index contributed by atoms with van der Waals surface area (Å²) in [6.45, 7) is 7.93. The van der Waals surface area contributed by atoms with E-state index in [1.54, 1.807) is 0 Å². The molecule has 0 aliphatic carbocycles. The molecule has 0 atom stereocenters. The molecule has 0 bridgehead atoms. The van der Waals surface area contributed by atoms with Gasteiger partial charge in [0.05, 0.1) is 0 Å². The van der Waals surface area contributed by atoms with Crippen molar-refractivity contribution in [3.8, 4) is 0 Å². The molecule has 2 nitrogen and oxygen atoms in total. The van der Waals surface area contributed by atoms with Crippen LogP contribution in [0.5, 0.6) is 0 Å². The SMILES string of the molecule is CCCCCCCC/N=C1\CC=CN1C(CCCCCCC)CCCCCCC. The van der Waals surface area contributed by atoms with Gasteiger partial charge in [0.2, 0.25) is 0 Å². The standard InChI is InChI=1S/C27H52N2/c1-4-7-10-13-16-19-24-28-27-23-20-25-29(27)26(21-17-14-11-8-5-2)22-18-15-12-9-6-3/h20,25-26H,4-19,21-24H2,1-3H3/b28-27+. The molecule has 1 aliphatic heterocycles. The zero-order chi connectivity index (χ0) is 21.0. The minimum atomic E-state index is 0.681. The number of rotatable bonds is 20. The summed E-state index contributed by atoms with van der Waals surface area (Å²) in [5.74, 6) is 1.35. The van der Waals surface area contributed by atoms with Gasteiger partial charge in [0.25, 0.3) is 0 Å². The molecule has 0 aromatic heterocycles. The second kappa shape index (κ2) is 19.2. The summed E-state index contributed by atoms with van der Waals surface area (Å²) in [6, 6.07) is 0.681. The Kier molecular flexibility index (Phi) is 17.4. The van der Waals surface area contributed by atoms with Crippen LogP contribution in [0.25, 0.3) is 0 Å². The lowest BCUT2D eigenvalue weighted by Gasteiger charge is -2.29. The Hall–Kier alpha value is -0.790. The molecule has 0 saturated carbocycles. The normalized spacial score (nSPS) is 15.3. The van der Waals surface area contributed by atoms with E-state index in [1.165, 1.54) is 121 Å². The van der Waals surface area contributed by atoms with Gasteiger partial charge in [-0.1, -0.05) is 123 Å². The lowest BCUT2D eigenvalue weighted by atomic mass is 9.99. The van der Waals surface area contributed by atoms with E-state index in [0.29, 0.717) is 6.04 Å². The molecule has 170 valence electrons. The van der Waals surface area contributed by atoms with Gasteiger partial charge < -0.3 is 4.90 Å². The number of aliphatic imine (C=N–C) groups is 1. The molecule has 0 radical (unpaired) electrons. The first-order valence-electron chi connectivity index (χ1n) is 13.3. The molecule has 1 rings (SSSR count). The van der Waals surface area contributed by atoms with E-state index in [4.69, 9.17) is 4.99 Å². The number of unbranched alkanes of at least 4 members (excludes halogenated alkanes) is 13. The Balaban J connectivity index is 2.44. The third kappa shape index (κ3) is 13.2. The maximum atomic E-state index is 5.04. The Morgan fingerprint density at radius 2 is 1.17 bits per heavy atom. The Labute approximate surface area is 183 Å². The zero-order valence-electron chi connectivity index (χ0n) is 20.3. The van der Waals surface area contributed by atoms with Gasteiger partial charge in [-0.3, -0.25) is 4.99 Å². The third-order valence-corrected chi connectivity index (χ3v) is 6.35. The molecular formula is C27H52N2. The van der Waals surface area contributed by atoms with Gasteiger partial charge in [-0.15, -0.1) is 0 Å². The molecule has 0 unspecified atom stereocenters. The fraction of sp³-hybridized carbons (Fsp3) is 0.889. The van der Waals surface area contributed by atoms with Crippen molar-refractivity contribution in [2.45, 2.75) is 149 Å². The highest BCUT2D eigenvalue weighted by atomic mass is 15.2. The highest BCUT2D eigenvalue weighted by Crippen LogP contribution is 2.23. The van der Waals surface area contributed by atoms with E-state index in [-0.39, 0.29) is 0 Å². The van der Waals surface area contributed by atoms with Gasteiger partial charge in [0, 0.05) is 25.2 Å². The van der Waals surface area contributed by atoms with Crippen LogP contribution in [0.1, 0.15) is 143 Å². The van der Waals surface area contributed by atoms with Crippen LogP contribution < -0.4 is 0 Å². The highest BCUT2D eigenvalue weighted by molar-refractivity contribution is 5.87. The minimum absolute atomic E-state index is 0.681. The zero-order valence-corrected chi connectivity index (χ0v) is 20.3. The maximum Gasteiger partial charge on any atom is 0.107 e. The van der Waals surface area contributed by atoms with E-state index in [2.05, 4.69) is 37.9 Å². The monoisotopic (exact) mass is 404 g/mol. The van der Waals surface area contributed by atoms with Crippen LogP contribution in [-0.4, -0.2) is 23.3 Å². The van der Waals surface area contributed by atoms with Crippen molar-refractivity contribution in [2.24, 2.45) is 4.99 Å². The molecule has 0 spiro atoms. The van der Waals surface area contributed by atoms with Crippen LogP contribution in [0, 0.1) is 0 Å². The molecule has 0 amide bonds. The predicted molar refractivity (Wildman–Crippen MR) is 132 cm³/mol. The molecule has 0 aromatic carbocycles. The molecule has 0 aromatic rings. The lowest BCUT2D eigenvalue weighted by molar-refractivity contribution is 0.333. The van der Waals surface area contributed by atoms with E-state index in [9.17, 15) is 0 Å². The third-order valence-electron chi connectivity index (χ3n) is 6.35. The molecule has 1 heterocycles. The van der Waals surface area contributed by atoms with Crippen molar-refractivity contribution in [1.82, 2.24) is 4.90 Å². The fourth-order valence-corrected chi connectivity index (χ4v) is 4.43. The predicted octanol–water partition coefficient (Wildman–Crippen LogP) is 9.05. The van der Waals surface area contributed by atoms with Gasteiger partial charge in [0.15, 0.2) is 0 Å². The summed E-state index contributed by atoms with van der Waals surface area (Å²) in [7, 11) is 0. The van der Waals surface area contributed by atoms with Gasteiger partial charge in [0.1, 0.15) is 5.84 Å². The second-order valence-corrected chi connectivity index (χ2v) is 9.12. The number of amidine groups is 1. The van der Waals surface area contributed by atoms with Crippen molar-refractivity contribution in [3.63, 3.8) is 0 Å². The number of hydrogen-bond acceptors (Lipinski definition) is 1. The molecule has 29 heavy (non-hydrogen) atoms. The molecule has 1 aliphatic rings. The summed E-state index contributed by atoms with van der Waals surface area (Å²) in [4.78, 5) is 7.60. The van der Waals surface area contributed by atoms with E-state index < -0.39 is 0 Å². The van der Waals surface area contributed by atoms with E-state index in [0.717, 1.165) is 13.0 Å². The Morgan fingerprint density at radius 1 is 0.690 bits per heavy atom. The topological polar surface area (TPSA) is 15.6 Å². The molecule has 0 fully saturated rings. The number of nitrogens with zero attached hydrogens (tertiary/aromatic N) is 2. The van der Waals surface area contributed by atoms with E-state index >= 15 is 0 Å². The van der Waals surface area contributed by atoms with Gasteiger partial charge in [-0.05, 0) is 19.3 Å². The Bertz CT molecular complexity index is 399. The van der Waals surface area contributed by atoms with Gasteiger partial charge in [-0.25, -0.2) is 0 Å². The summed E-state index contributed by atoms with van der Waals surface area (Å²) < 4.78 is 0. The van der Waals surface area contributed by atoms with Crippen LogP contribution >= 0.6 is 0 Å². The van der Waals surface area contributed by atoms with Gasteiger partial charge in [-0.2, -0.15) is 0 Å². The second-order valence-electron chi connectivity index (χ2n) is 9.12. The van der Waals surface area contributed by atoms with Crippen LogP contribution in [0.4, 0.5) is 0 Å². The van der Waals surface area contributed by atoms with Crippen molar-refractivity contribution in [1.29, 1.82) is 0 Å². The maximum absolute atomic E-state index is 5.04. The van der Waals surface area contributed by atoms with Crippen LogP contribution in [0.2, 0.25) is 0 Å². The first kappa shape index (κ1) is 26.2. The Morgan fingerprint density at radius 3 is 1.72 bits per heavy atom. The van der Waals surface area contributed by atoms with Crippen molar-refractivity contribution < 1.29 is 0 Å². The fourth-order valence-electron chi connectivity index (χ4n) is 4.43. The lowest BCUT2D eigenvalue weighted by Crippen LogP contribution is -2.33. The van der Waals surface area contributed by atoms with Crippen LogP contribution in [-0.2, 0) is 0 Å². The van der Waals surface area contributed by atoms with E-state index in [1.807, 2.05) is 0 Å². The molecular weight excluding hydrogens is 352 g/mol. The average Bonchev–Trinajstić information content (AvgIpc) is 3.19. The summed E-state index contributed by atoms with van der Waals surface area (Å²) >= 11 is 0. The van der Waals surface area contributed by atoms with Crippen molar-refractivity contribution in [3.05, 3.63) is 12.3 Å². The van der Waals surface area contributed by atoms with Crippen molar-refractivity contribution >= 4 is 5.84 Å². The molecule has 2 heteroatoms. The summed E-state index contributed by atoms with van der Waals surface area (Å²) in [5.41, 5.74) is 0. The summed E-state index contributed by atoms with van der Waals surface area (Å²) in [6.07, 6.45) is 30.4. The largest absolute Gasteiger partial charge is 0.334 e. The van der Waals surface area contributed by atoms with Gasteiger partial charge >= 0.3 is 0 Å². The van der Waals surface area contributed by atoms with Crippen molar-refractivity contribution in [2.75, 3.05) is 6.54 Å². The number of hydrogen-bond donors (Lipinski definition) is 0. The first-order chi connectivity index (χ1) is 14.3. The minimum Gasteiger partial charge on any atom is -0.334 e. The quantitative estimate of drug-likeness (QED) is 0.185. The van der Waals surface area contributed by atoms with Crippen LogP contribution in [0.3, 0.4) is 0 Å². The first-order valence-corrected chi connectivity index (χ1v) is 13.3. The van der Waals surface area contributed by atoms with Crippen LogP contribution in [0.15, 0.2) is 17.3 Å². The molecule has 0 N–H and O–H groups in total.